The third kappa shape index (κ3) is 3.01. The number of nitrogens with two attached hydrogens (primary N) is 1. The first-order chi connectivity index (χ1) is 12.6. The molecule has 0 aliphatic heterocycles. The maximum Gasteiger partial charge on any atom is 0.234 e. The Balaban J connectivity index is 2.97. The van der Waals surface area contributed by atoms with Crippen LogP contribution in [0.2, 0.25) is 0 Å². The molecule has 8 nitrogen and oxygen atoms in total. The quantitative estimate of drug-likeness (QED) is 0.839. The van der Waals surface area contributed by atoms with Gasteiger partial charge in [-0.25, -0.2) is 0 Å². The minimum Gasteiger partial charge on any atom is -0.493 e. The van der Waals surface area contributed by atoms with Gasteiger partial charge in [-0.2, -0.15) is 15.5 Å². The molecule has 1 heterocycles. The van der Waals surface area contributed by atoms with E-state index in [0.717, 1.165) is 0 Å². The Morgan fingerprint density at radius 1 is 1.00 bits per heavy atom. The zero-order chi connectivity index (χ0) is 19.3. The van der Waals surface area contributed by atoms with Crippen molar-refractivity contribution in [2.24, 2.45) is 0 Å². The first-order valence-corrected chi connectivity index (χ1v) is 7.63. The van der Waals surface area contributed by atoms with E-state index in [1.54, 1.807) is 19.1 Å². The van der Waals surface area contributed by atoms with Crippen molar-refractivity contribution in [1.82, 2.24) is 4.98 Å². The van der Waals surface area contributed by atoms with Gasteiger partial charge in [-0.3, -0.25) is 0 Å². The number of nitrogen functional groups attached to an aromatic ring is 1. The van der Waals surface area contributed by atoms with Crippen molar-refractivity contribution in [1.29, 1.82) is 10.5 Å². The summed E-state index contributed by atoms with van der Waals surface area (Å²) in [6.45, 7) is 2.05. The molecule has 0 aliphatic carbocycles. The first-order valence-electron chi connectivity index (χ1n) is 7.63. The highest BCUT2D eigenvalue weighted by Gasteiger charge is 2.26. The molecule has 0 aliphatic rings. The van der Waals surface area contributed by atoms with Gasteiger partial charge in [-0.1, -0.05) is 0 Å². The van der Waals surface area contributed by atoms with E-state index >= 15 is 0 Å². The summed E-state index contributed by atoms with van der Waals surface area (Å²) in [6, 6.07) is 7.35. The molecule has 2 N–H and O–H groups in total. The van der Waals surface area contributed by atoms with E-state index < -0.39 is 0 Å². The maximum absolute atomic E-state index is 9.67. The van der Waals surface area contributed by atoms with Crippen LogP contribution in [0.3, 0.4) is 0 Å². The third-order valence-electron chi connectivity index (χ3n) is 3.67. The van der Waals surface area contributed by atoms with Crippen LogP contribution >= 0.6 is 0 Å². The Morgan fingerprint density at radius 3 is 2.15 bits per heavy atom. The zero-order valence-electron chi connectivity index (χ0n) is 14.9. The Kier molecular flexibility index (Phi) is 5.71. The standard InChI is InChI=1S/C18H18N4O4/c1-5-26-18-12(9-20)14(11(8-19)17(21)22-18)10-6-7-13(23-2)16(25-4)15(10)24-3/h6-7H,5H2,1-4H3,(H2,21,22). The Bertz CT molecular complexity index is 913. The highest BCUT2D eigenvalue weighted by Crippen LogP contribution is 2.47. The molecule has 1 aromatic carbocycles. The van der Waals surface area contributed by atoms with Gasteiger partial charge in [0.2, 0.25) is 11.6 Å². The van der Waals surface area contributed by atoms with Gasteiger partial charge in [0.25, 0.3) is 0 Å². The van der Waals surface area contributed by atoms with Crippen LogP contribution in [0.5, 0.6) is 23.1 Å². The van der Waals surface area contributed by atoms with Crippen LogP contribution in [0.15, 0.2) is 12.1 Å². The van der Waals surface area contributed by atoms with Gasteiger partial charge in [-0.15, -0.1) is 0 Å². The van der Waals surface area contributed by atoms with Crippen molar-refractivity contribution in [3.05, 3.63) is 23.3 Å². The summed E-state index contributed by atoms with van der Waals surface area (Å²) >= 11 is 0. The van der Waals surface area contributed by atoms with Gasteiger partial charge >= 0.3 is 0 Å². The molecule has 0 amide bonds. The predicted octanol–water partition coefficient (Wildman–Crippen LogP) is 2.50. The van der Waals surface area contributed by atoms with Crippen LogP contribution in [0.25, 0.3) is 11.1 Å². The molecule has 0 atom stereocenters. The molecule has 0 spiro atoms. The van der Waals surface area contributed by atoms with Gasteiger partial charge < -0.3 is 24.7 Å². The molecule has 0 saturated carbocycles. The fraction of sp³-hybridized carbons (Fsp3) is 0.278. The number of hydrogen-bond donors (Lipinski definition) is 1. The van der Waals surface area contributed by atoms with Crippen molar-refractivity contribution in [2.45, 2.75) is 6.92 Å². The second-order valence-corrected chi connectivity index (χ2v) is 4.97. The van der Waals surface area contributed by atoms with E-state index in [1.165, 1.54) is 21.3 Å². The van der Waals surface area contributed by atoms with Crippen LogP contribution in [0, 0.1) is 22.7 Å². The zero-order valence-corrected chi connectivity index (χ0v) is 14.9. The molecule has 26 heavy (non-hydrogen) atoms. The van der Waals surface area contributed by atoms with Crippen molar-refractivity contribution < 1.29 is 18.9 Å². The molecular weight excluding hydrogens is 336 g/mol. The summed E-state index contributed by atoms with van der Waals surface area (Å²) < 4.78 is 21.6. The highest BCUT2D eigenvalue weighted by atomic mass is 16.5. The Hall–Kier alpha value is -3.65. The molecule has 0 unspecified atom stereocenters. The third-order valence-corrected chi connectivity index (χ3v) is 3.67. The van der Waals surface area contributed by atoms with Crippen LogP contribution in [0.1, 0.15) is 18.1 Å². The monoisotopic (exact) mass is 354 g/mol. The summed E-state index contributed by atoms with van der Waals surface area (Å²) in [5.74, 6) is 1.08. The first kappa shape index (κ1) is 18.7. The number of pyridine rings is 1. The van der Waals surface area contributed by atoms with Crippen LogP contribution in [-0.2, 0) is 0 Å². The number of nitriles is 2. The lowest BCUT2D eigenvalue weighted by atomic mass is 9.95. The van der Waals surface area contributed by atoms with Crippen molar-refractivity contribution >= 4 is 5.82 Å². The second kappa shape index (κ2) is 7.95. The van der Waals surface area contributed by atoms with Crippen molar-refractivity contribution in [2.75, 3.05) is 33.7 Å². The van der Waals surface area contributed by atoms with E-state index in [-0.39, 0.29) is 35.0 Å². The van der Waals surface area contributed by atoms with Gasteiger partial charge in [0.15, 0.2) is 11.5 Å². The summed E-state index contributed by atoms with van der Waals surface area (Å²) in [4.78, 5) is 4.04. The van der Waals surface area contributed by atoms with E-state index in [2.05, 4.69) is 4.98 Å². The average Bonchev–Trinajstić information content (AvgIpc) is 2.66. The van der Waals surface area contributed by atoms with E-state index in [9.17, 15) is 10.5 Å². The molecular formula is C18H18N4O4. The maximum atomic E-state index is 9.67. The van der Waals surface area contributed by atoms with E-state index in [4.69, 9.17) is 24.7 Å². The number of aromatic nitrogens is 1. The summed E-state index contributed by atoms with van der Waals surface area (Å²) in [6.07, 6.45) is 0. The SMILES string of the molecule is CCOc1nc(N)c(C#N)c(-c2ccc(OC)c(OC)c2OC)c1C#N. The van der Waals surface area contributed by atoms with Gasteiger partial charge in [0, 0.05) is 11.1 Å². The molecule has 2 aromatic rings. The second-order valence-electron chi connectivity index (χ2n) is 4.97. The Morgan fingerprint density at radius 2 is 1.65 bits per heavy atom. The number of rotatable bonds is 6. The lowest BCUT2D eigenvalue weighted by Crippen LogP contribution is -2.07. The van der Waals surface area contributed by atoms with Crippen LogP contribution in [-0.4, -0.2) is 32.9 Å². The van der Waals surface area contributed by atoms with E-state index in [0.29, 0.717) is 22.8 Å². The average molecular weight is 354 g/mol. The number of anilines is 1. The summed E-state index contributed by atoms with van der Waals surface area (Å²) in [7, 11) is 4.41. The van der Waals surface area contributed by atoms with Crippen LogP contribution in [0.4, 0.5) is 5.82 Å². The molecule has 2 rings (SSSR count). The predicted molar refractivity (Wildman–Crippen MR) is 94.3 cm³/mol. The molecule has 0 bridgehead atoms. The van der Waals surface area contributed by atoms with Crippen molar-refractivity contribution in [3.8, 4) is 46.4 Å². The summed E-state index contributed by atoms with van der Waals surface area (Å²) in [5.41, 5.74) is 6.77. The summed E-state index contributed by atoms with van der Waals surface area (Å²) in [5, 5.41) is 19.2. The largest absolute Gasteiger partial charge is 0.493 e. The fourth-order valence-electron chi connectivity index (χ4n) is 2.61. The topological polar surface area (TPSA) is 123 Å². The highest BCUT2D eigenvalue weighted by molar-refractivity contribution is 5.87. The Labute approximate surface area is 151 Å². The fourth-order valence-corrected chi connectivity index (χ4v) is 2.61. The van der Waals surface area contributed by atoms with E-state index in [1.807, 2.05) is 12.1 Å². The smallest absolute Gasteiger partial charge is 0.234 e. The lowest BCUT2D eigenvalue weighted by Gasteiger charge is -2.18. The van der Waals surface area contributed by atoms with Gasteiger partial charge in [0.1, 0.15) is 29.1 Å². The minimum atomic E-state index is -0.0400. The normalized spacial score (nSPS) is 9.77. The number of ether oxygens (including phenoxy) is 4. The molecule has 0 fully saturated rings. The van der Waals surface area contributed by atoms with Gasteiger partial charge in [0.05, 0.1) is 27.9 Å². The number of methoxy groups -OCH3 is 3. The molecule has 8 heteroatoms. The molecule has 1 aromatic heterocycles. The van der Waals surface area contributed by atoms with Crippen molar-refractivity contribution in [3.63, 3.8) is 0 Å². The molecule has 0 radical (unpaired) electrons. The molecule has 134 valence electrons. The molecule has 0 saturated heterocycles. The number of hydrogen-bond acceptors (Lipinski definition) is 8. The lowest BCUT2D eigenvalue weighted by molar-refractivity contribution is 0.324. The minimum absolute atomic E-state index is 0.0400. The number of nitrogens with zero attached hydrogens (tertiary/aromatic N) is 3. The van der Waals surface area contributed by atoms with Gasteiger partial charge in [-0.05, 0) is 19.1 Å². The van der Waals surface area contributed by atoms with Crippen LogP contribution < -0.4 is 24.7 Å². The number of benzene rings is 1.